The van der Waals surface area contributed by atoms with Crippen molar-refractivity contribution in [2.75, 3.05) is 46.9 Å². The highest BCUT2D eigenvalue weighted by molar-refractivity contribution is 5.87. The molecule has 0 aromatic rings. The Balaban J connectivity index is 0.000000314. The molecule has 1 atom stereocenters. The highest BCUT2D eigenvalue weighted by atomic mass is 16.5. The summed E-state index contributed by atoms with van der Waals surface area (Å²) in [7, 11) is 3.55. The lowest BCUT2D eigenvalue weighted by molar-refractivity contribution is -0.157. The van der Waals surface area contributed by atoms with Crippen LogP contribution in [0.25, 0.3) is 0 Å². The molecule has 0 aliphatic carbocycles. The SMILES string of the molecule is C=CC(=O)N1CCOC2(CCN(C=O)CC2)C1.CC(C)C(C(=O)O)N(C)C. The van der Waals surface area contributed by atoms with Crippen LogP contribution in [0.2, 0.25) is 0 Å². The average molecular weight is 383 g/mol. The molecule has 2 saturated heterocycles. The van der Waals surface area contributed by atoms with Crippen molar-refractivity contribution < 1.29 is 24.2 Å². The quantitative estimate of drug-likeness (QED) is 0.555. The third kappa shape index (κ3) is 6.62. The molecule has 0 radical (unpaired) electrons. The van der Waals surface area contributed by atoms with Crippen LogP contribution in [0.3, 0.4) is 0 Å². The number of carboxylic acids is 1. The molecule has 0 aromatic carbocycles. The summed E-state index contributed by atoms with van der Waals surface area (Å²) in [6.45, 7) is 10.5. The molecule has 0 aromatic heterocycles. The van der Waals surface area contributed by atoms with E-state index in [-0.39, 0.29) is 23.5 Å². The number of aliphatic carboxylic acids is 1. The summed E-state index contributed by atoms with van der Waals surface area (Å²) in [5.41, 5.74) is -0.254. The molecule has 8 heteroatoms. The molecular weight excluding hydrogens is 350 g/mol. The first-order chi connectivity index (χ1) is 12.7. The van der Waals surface area contributed by atoms with Crippen LogP contribution in [0.4, 0.5) is 0 Å². The van der Waals surface area contributed by atoms with Crippen molar-refractivity contribution in [1.29, 1.82) is 0 Å². The maximum Gasteiger partial charge on any atom is 0.321 e. The van der Waals surface area contributed by atoms with E-state index >= 15 is 0 Å². The monoisotopic (exact) mass is 383 g/mol. The predicted molar refractivity (Wildman–Crippen MR) is 102 cm³/mol. The number of carbonyl (C=O) groups is 3. The molecular formula is C19H33N3O5. The van der Waals surface area contributed by atoms with Crippen LogP contribution in [0, 0.1) is 5.92 Å². The fourth-order valence-electron chi connectivity index (χ4n) is 3.60. The lowest BCUT2D eigenvalue weighted by Crippen LogP contribution is -2.57. The normalized spacial score (nSPS) is 20.1. The zero-order valence-electron chi connectivity index (χ0n) is 16.9. The molecule has 2 heterocycles. The Morgan fingerprint density at radius 2 is 1.81 bits per heavy atom. The van der Waals surface area contributed by atoms with E-state index < -0.39 is 5.97 Å². The molecule has 1 unspecified atom stereocenters. The maximum atomic E-state index is 11.6. The van der Waals surface area contributed by atoms with Gasteiger partial charge >= 0.3 is 5.97 Å². The molecule has 2 aliphatic heterocycles. The van der Waals surface area contributed by atoms with Crippen LogP contribution in [-0.4, -0.2) is 96.6 Å². The third-order valence-electron chi connectivity index (χ3n) is 5.03. The number of amides is 2. The van der Waals surface area contributed by atoms with Crippen molar-refractivity contribution in [2.24, 2.45) is 5.92 Å². The number of likely N-dealkylation sites (tertiary alicyclic amines) is 1. The maximum absolute atomic E-state index is 11.6. The van der Waals surface area contributed by atoms with E-state index in [4.69, 9.17) is 9.84 Å². The second kappa shape index (κ2) is 10.4. The summed E-state index contributed by atoms with van der Waals surface area (Å²) in [6.07, 6.45) is 3.82. The van der Waals surface area contributed by atoms with Gasteiger partial charge in [-0.1, -0.05) is 20.4 Å². The van der Waals surface area contributed by atoms with Gasteiger partial charge in [0.05, 0.1) is 18.8 Å². The fourth-order valence-corrected chi connectivity index (χ4v) is 3.60. The van der Waals surface area contributed by atoms with Gasteiger partial charge in [-0.25, -0.2) is 0 Å². The largest absolute Gasteiger partial charge is 0.480 e. The van der Waals surface area contributed by atoms with E-state index in [9.17, 15) is 14.4 Å². The number of likely N-dealkylation sites (N-methyl/N-ethyl adjacent to an activating group) is 1. The number of rotatable bonds is 5. The summed E-state index contributed by atoms with van der Waals surface area (Å²) >= 11 is 0. The van der Waals surface area contributed by atoms with Gasteiger partial charge in [0, 0.05) is 19.6 Å². The van der Waals surface area contributed by atoms with Crippen LogP contribution >= 0.6 is 0 Å². The summed E-state index contributed by atoms with van der Waals surface area (Å²) in [4.78, 5) is 38.1. The van der Waals surface area contributed by atoms with Crippen LogP contribution in [0.1, 0.15) is 26.7 Å². The number of morpholine rings is 1. The molecule has 2 rings (SSSR count). The van der Waals surface area contributed by atoms with Gasteiger partial charge in [-0.15, -0.1) is 0 Å². The number of nitrogens with zero attached hydrogens (tertiary/aromatic N) is 3. The van der Waals surface area contributed by atoms with Crippen LogP contribution in [-0.2, 0) is 19.1 Å². The van der Waals surface area contributed by atoms with Crippen LogP contribution in [0.15, 0.2) is 12.7 Å². The van der Waals surface area contributed by atoms with Crippen molar-refractivity contribution in [3.8, 4) is 0 Å². The molecule has 0 bridgehead atoms. The van der Waals surface area contributed by atoms with E-state index in [1.807, 2.05) is 13.8 Å². The number of carboxylic acid groups (broad SMARTS) is 1. The molecule has 2 amide bonds. The highest BCUT2D eigenvalue weighted by Gasteiger charge is 2.40. The highest BCUT2D eigenvalue weighted by Crippen LogP contribution is 2.29. The zero-order chi connectivity index (χ0) is 20.6. The fraction of sp³-hybridized carbons (Fsp3) is 0.737. The van der Waals surface area contributed by atoms with Crippen molar-refractivity contribution >= 4 is 18.3 Å². The minimum absolute atomic E-state index is 0.0366. The predicted octanol–water partition coefficient (Wildman–Crippen LogP) is 0.679. The first kappa shape index (κ1) is 23.1. The first-order valence-corrected chi connectivity index (χ1v) is 9.29. The van der Waals surface area contributed by atoms with Gasteiger partial charge in [0.1, 0.15) is 6.04 Å². The standard InChI is InChI=1S/C12H18N2O3.C7H15NO2/c1-2-11(16)14-7-8-17-12(9-14)3-5-13(10-15)6-4-12;1-5(2)6(7(9)10)8(3)4/h2,10H,1,3-9H2;5-6H,1-4H3,(H,9,10). The molecule has 1 spiro atoms. The second-order valence-electron chi connectivity index (χ2n) is 7.63. The van der Waals surface area contributed by atoms with Crippen molar-refractivity contribution in [3.63, 3.8) is 0 Å². The van der Waals surface area contributed by atoms with E-state index in [1.165, 1.54) is 6.08 Å². The Morgan fingerprint density at radius 1 is 1.22 bits per heavy atom. The Bertz CT molecular complexity index is 519. The number of hydrogen-bond acceptors (Lipinski definition) is 5. The Hall–Kier alpha value is -1.93. The Labute approximate surface area is 161 Å². The van der Waals surface area contributed by atoms with Gasteiger partial charge < -0.3 is 19.6 Å². The second-order valence-corrected chi connectivity index (χ2v) is 7.63. The Morgan fingerprint density at radius 3 is 2.19 bits per heavy atom. The molecule has 0 saturated carbocycles. The number of piperidine rings is 1. The third-order valence-corrected chi connectivity index (χ3v) is 5.03. The van der Waals surface area contributed by atoms with Gasteiger partial charge in [-0.3, -0.25) is 19.3 Å². The van der Waals surface area contributed by atoms with Crippen molar-refractivity contribution in [2.45, 2.75) is 38.3 Å². The lowest BCUT2D eigenvalue weighted by atomic mass is 9.89. The van der Waals surface area contributed by atoms with E-state index in [0.717, 1.165) is 19.3 Å². The molecule has 2 fully saturated rings. The van der Waals surface area contributed by atoms with Gasteiger partial charge in [0.2, 0.25) is 12.3 Å². The minimum Gasteiger partial charge on any atom is -0.480 e. The van der Waals surface area contributed by atoms with Gasteiger partial charge in [0.15, 0.2) is 0 Å². The number of ether oxygens (including phenoxy) is 1. The van der Waals surface area contributed by atoms with Crippen molar-refractivity contribution in [3.05, 3.63) is 12.7 Å². The molecule has 8 nitrogen and oxygen atoms in total. The summed E-state index contributed by atoms with van der Waals surface area (Å²) in [5.74, 6) is -0.627. The van der Waals surface area contributed by atoms with Crippen LogP contribution in [0.5, 0.6) is 0 Å². The Kier molecular flexibility index (Phi) is 8.92. The number of carbonyl (C=O) groups excluding carboxylic acids is 2. The average Bonchev–Trinajstić information content (AvgIpc) is 2.61. The van der Waals surface area contributed by atoms with Gasteiger partial charge in [-0.05, 0) is 38.9 Å². The van der Waals surface area contributed by atoms with Gasteiger partial charge in [-0.2, -0.15) is 0 Å². The molecule has 2 aliphatic rings. The zero-order valence-corrected chi connectivity index (χ0v) is 16.9. The van der Waals surface area contributed by atoms with E-state index in [0.29, 0.717) is 32.8 Å². The summed E-state index contributed by atoms with van der Waals surface area (Å²) in [6, 6.07) is -0.361. The molecule has 1 N–H and O–H groups in total. The smallest absolute Gasteiger partial charge is 0.321 e. The summed E-state index contributed by atoms with van der Waals surface area (Å²) < 4.78 is 5.85. The molecule has 154 valence electrons. The van der Waals surface area contributed by atoms with E-state index in [1.54, 1.807) is 28.8 Å². The molecule has 27 heavy (non-hydrogen) atoms. The topological polar surface area (TPSA) is 90.4 Å². The van der Waals surface area contributed by atoms with Gasteiger partial charge in [0.25, 0.3) is 0 Å². The summed E-state index contributed by atoms with van der Waals surface area (Å²) in [5, 5.41) is 8.67. The number of hydrogen-bond donors (Lipinski definition) is 1. The van der Waals surface area contributed by atoms with Crippen LogP contribution < -0.4 is 0 Å². The minimum atomic E-state index is -0.750. The van der Waals surface area contributed by atoms with Crippen molar-refractivity contribution in [1.82, 2.24) is 14.7 Å². The lowest BCUT2D eigenvalue weighted by Gasteiger charge is -2.46. The van der Waals surface area contributed by atoms with E-state index in [2.05, 4.69) is 6.58 Å². The first-order valence-electron chi connectivity index (χ1n) is 9.29.